The highest BCUT2D eigenvalue weighted by Gasteiger charge is 2.52. The molecule has 1 fully saturated rings. The predicted octanol–water partition coefficient (Wildman–Crippen LogP) is 3.30. The van der Waals surface area contributed by atoms with Gasteiger partial charge in [-0.25, -0.2) is 4.98 Å². The number of pyridine rings is 1. The maximum Gasteiger partial charge on any atom is 0.130 e. The van der Waals surface area contributed by atoms with Gasteiger partial charge in [0.15, 0.2) is 0 Å². The highest BCUT2D eigenvalue weighted by molar-refractivity contribution is 5.55. The number of nitrogens with one attached hydrogen (secondary N) is 1. The van der Waals surface area contributed by atoms with Gasteiger partial charge in [0.1, 0.15) is 5.82 Å². The average molecular weight is 259 g/mol. The molecule has 1 saturated heterocycles. The highest BCUT2D eigenvalue weighted by atomic mass is 15.3. The SMILES string of the molecule is CCC1C(C(C)C)C2c3cccnc3NC2N1CC. The number of nitrogens with zero attached hydrogens (tertiary/aromatic N) is 2. The molecule has 3 rings (SSSR count). The van der Waals surface area contributed by atoms with Crippen molar-refractivity contribution in [2.75, 3.05) is 11.9 Å². The molecule has 19 heavy (non-hydrogen) atoms. The third-order valence-electron chi connectivity index (χ3n) is 5.02. The first-order chi connectivity index (χ1) is 9.19. The monoisotopic (exact) mass is 259 g/mol. The third kappa shape index (κ3) is 1.78. The smallest absolute Gasteiger partial charge is 0.130 e. The van der Waals surface area contributed by atoms with Gasteiger partial charge in [0, 0.05) is 23.7 Å². The zero-order valence-corrected chi connectivity index (χ0v) is 12.4. The first kappa shape index (κ1) is 12.9. The Morgan fingerprint density at radius 2 is 2.16 bits per heavy atom. The van der Waals surface area contributed by atoms with E-state index in [2.05, 4.69) is 55.0 Å². The van der Waals surface area contributed by atoms with E-state index in [1.165, 1.54) is 12.0 Å². The minimum atomic E-state index is 0.451. The molecule has 1 aromatic rings. The van der Waals surface area contributed by atoms with Crippen LogP contribution in [-0.4, -0.2) is 28.6 Å². The quantitative estimate of drug-likeness (QED) is 0.902. The van der Waals surface area contributed by atoms with E-state index in [4.69, 9.17) is 0 Å². The standard InChI is InChI=1S/C16H25N3/c1-5-12-13(10(3)4)14-11-8-7-9-17-15(11)18-16(14)19(12)6-2/h7-10,12-14,16H,5-6H2,1-4H3,(H,17,18). The summed E-state index contributed by atoms with van der Waals surface area (Å²) in [5.74, 6) is 3.15. The first-order valence-electron chi connectivity index (χ1n) is 7.66. The number of rotatable bonds is 3. The van der Waals surface area contributed by atoms with Gasteiger partial charge in [0.05, 0.1) is 6.17 Å². The van der Waals surface area contributed by atoms with Crippen LogP contribution in [-0.2, 0) is 0 Å². The van der Waals surface area contributed by atoms with Crippen LogP contribution in [0.2, 0.25) is 0 Å². The van der Waals surface area contributed by atoms with Crippen molar-refractivity contribution in [3.8, 4) is 0 Å². The minimum absolute atomic E-state index is 0.451. The number of hydrogen-bond acceptors (Lipinski definition) is 3. The number of hydrogen-bond donors (Lipinski definition) is 1. The lowest BCUT2D eigenvalue weighted by atomic mass is 9.78. The van der Waals surface area contributed by atoms with Crippen molar-refractivity contribution >= 4 is 5.82 Å². The Balaban J connectivity index is 2.04. The first-order valence-corrected chi connectivity index (χ1v) is 7.66. The summed E-state index contributed by atoms with van der Waals surface area (Å²) in [4.78, 5) is 7.17. The Morgan fingerprint density at radius 1 is 1.37 bits per heavy atom. The van der Waals surface area contributed by atoms with Crippen LogP contribution in [0.1, 0.15) is 45.6 Å². The largest absolute Gasteiger partial charge is 0.354 e. The van der Waals surface area contributed by atoms with Gasteiger partial charge in [-0.3, -0.25) is 4.90 Å². The van der Waals surface area contributed by atoms with Crippen LogP contribution in [0.25, 0.3) is 0 Å². The van der Waals surface area contributed by atoms with Crippen molar-refractivity contribution < 1.29 is 0 Å². The second-order valence-electron chi connectivity index (χ2n) is 6.18. The van der Waals surface area contributed by atoms with Crippen LogP contribution >= 0.6 is 0 Å². The molecule has 4 unspecified atom stereocenters. The maximum atomic E-state index is 4.52. The Morgan fingerprint density at radius 3 is 2.79 bits per heavy atom. The zero-order chi connectivity index (χ0) is 13.6. The molecule has 0 aliphatic carbocycles. The summed E-state index contributed by atoms with van der Waals surface area (Å²) in [6.45, 7) is 10.5. The van der Waals surface area contributed by atoms with Gasteiger partial charge in [0.2, 0.25) is 0 Å². The summed E-state index contributed by atoms with van der Waals surface area (Å²) < 4.78 is 0. The summed E-state index contributed by atoms with van der Waals surface area (Å²) in [7, 11) is 0. The molecule has 0 spiro atoms. The van der Waals surface area contributed by atoms with Crippen molar-refractivity contribution in [1.29, 1.82) is 0 Å². The fraction of sp³-hybridized carbons (Fsp3) is 0.688. The van der Waals surface area contributed by atoms with Crippen molar-refractivity contribution in [3.05, 3.63) is 23.9 Å². The molecule has 104 valence electrons. The van der Waals surface area contributed by atoms with Gasteiger partial charge in [0.25, 0.3) is 0 Å². The lowest BCUT2D eigenvalue weighted by Crippen LogP contribution is -2.40. The van der Waals surface area contributed by atoms with Crippen molar-refractivity contribution in [3.63, 3.8) is 0 Å². The normalized spacial score (nSPS) is 33.3. The van der Waals surface area contributed by atoms with E-state index in [1.54, 1.807) is 0 Å². The molecule has 0 bridgehead atoms. The van der Waals surface area contributed by atoms with Gasteiger partial charge in [-0.05, 0) is 30.9 Å². The molecular formula is C16H25N3. The summed E-state index contributed by atoms with van der Waals surface area (Å²) in [6, 6.07) is 5.04. The zero-order valence-electron chi connectivity index (χ0n) is 12.4. The molecule has 3 nitrogen and oxygen atoms in total. The van der Waals surface area contributed by atoms with Crippen molar-refractivity contribution in [1.82, 2.24) is 9.88 Å². The number of likely N-dealkylation sites (N-methyl/N-ethyl adjacent to an activating group) is 1. The van der Waals surface area contributed by atoms with Gasteiger partial charge >= 0.3 is 0 Å². The minimum Gasteiger partial charge on any atom is -0.354 e. The van der Waals surface area contributed by atoms with Crippen molar-refractivity contribution in [2.24, 2.45) is 11.8 Å². The third-order valence-corrected chi connectivity index (χ3v) is 5.02. The van der Waals surface area contributed by atoms with E-state index < -0.39 is 0 Å². The second-order valence-corrected chi connectivity index (χ2v) is 6.18. The fourth-order valence-corrected chi connectivity index (χ4v) is 4.38. The van der Waals surface area contributed by atoms with Gasteiger partial charge < -0.3 is 5.32 Å². The molecule has 0 radical (unpaired) electrons. The van der Waals surface area contributed by atoms with E-state index in [9.17, 15) is 0 Å². The Labute approximate surface area is 116 Å². The molecule has 4 atom stereocenters. The Hall–Kier alpha value is -1.09. The summed E-state index contributed by atoms with van der Waals surface area (Å²) in [5, 5.41) is 3.66. The van der Waals surface area contributed by atoms with Crippen LogP contribution in [0.3, 0.4) is 0 Å². The molecule has 1 N–H and O–H groups in total. The average Bonchev–Trinajstić information content (AvgIpc) is 2.91. The van der Waals surface area contributed by atoms with E-state index in [0.717, 1.165) is 18.3 Å². The van der Waals surface area contributed by atoms with Crippen LogP contribution in [0, 0.1) is 11.8 Å². The van der Waals surface area contributed by atoms with Crippen LogP contribution in [0.15, 0.2) is 18.3 Å². The fourth-order valence-electron chi connectivity index (χ4n) is 4.38. The number of aromatic nitrogens is 1. The Kier molecular flexibility index (Phi) is 3.25. The van der Waals surface area contributed by atoms with Gasteiger partial charge in [-0.2, -0.15) is 0 Å². The molecular weight excluding hydrogens is 234 g/mol. The summed E-state index contributed by atoms with van der Waals surface area (Å²) in [6.07, 6.45) is 3.58. The number of anilines is 1. The number of fused-ring (bicyclic) bond motifs is 3. The van der Waals surface area contributed by atoms with Crippen LogP contribution in [0.4, 0.5) is 5.82 Å². The van der Waals surface area contributed by atoms with Gasteiger partial charge in [-0.15, -0.1) is 0 Å². The number of likely N-dealkylation sites (tertiary alicyclic amines) is 1. The lowest BCUT2D eigenvalue weighted by Gasteiger charge is -2.31. The molecule has 3 heterocycles. The van der Waals surface area contributed by atoms with Crippen molar-refractivity contribution in [2.45, 2.75) is 52.2 Å². The highest BCUT2D eigenvalue weighted by Crippen LogP contribution is 2.51. The maximum absolute atomic E-state index is 4.52. The molecule has 0 aromatic carbocycles. The summed E-state index contributed by atoms with van der Waals surface area (Å²) >= 11 is 0. The molecule has 0 amide bonds. The topological polar surface area (TPSA) is 28.2 Å². The molecule has 0 saturated carbocycles. The van der Waals surface area contributed by atoms with Crippen LogP contribution in [0.5, 0.6) is 0 Å². The van der Waals surface area contributed by atoms with Crippen LogP contribution < -0.4 is 5.32 Å². The van der Waals surface area contributed by atoms with Gasteiger partial charge in [-0.1, -0.05) is 33.8 Å². The molecule has 2 aliphatic rings. The lowest BCUT2D eigenvalue weighted by molar-refractivity contribution is 0.180. The molecule has 1 aromatic heterocycles. The second kappa shape index (κ2) is 4.78. The molecule has 2 aliphatic heterocycles. The summed E-state index contributed by atoms with van der Waals surface area (Å²) in [5.41, 5.74) is 1.43. The Bertz CT molecular complexity index is 457. The van der Waals surface area contributed by atoms with E-state index in [0.29, 0.717) is 24.0 Å². The molecule has 3 heteroatoms. The van der Waals surface area contributed by atoms with E-state index in [-0.39, 0.29) is 0 Å². The predicted molar refractivity (Wildman–Crippen MR) is 79.2 cm³/mol. The van der Waals surface area contributed by atoms with E-state index >= 15 is 0 Å². The van der Waals surface area contributed by atoms with E-state index in [1.807, 2.05) is 6.20 Å².